The minimum atomic E-state index is -3.88. The molecule has 32 heavy (non-hydrogen) atoms. The number of rotatable bonds is 10. The van der Waals surface area contributed by atoms with Gasteiger partial charge in [-0.25, -0.2) is 18.7 Å². The number of carbonyl (C=O) groups excluding carboxylic acids is 2. The number of hydroxylamine groups is 1. The van der Waals surface area contributed by atoms with E-state index in [4.69, 9.17) is 14.7 Å². The molecule has 2 aliphatic rings. The number of sulfone groups is 1. The van der Waals surface area contributed by atoms with Crippen LogP contribution < -0.4 is 10.4 Å². The number of nitrogens with one attached hydrogen (secondary N) is 1. The van der Waals surface area contributed by atoms with E-state index in [2.05, 4.69) is 0 Å². The van der Waals surface area contributed by atoms with E-state index in [9.17, 15) is 18.0 Å². The Morgan fingerprint density at radius 3 is 2.53 bits per heavy atom. The summed E-state index contributed by atoms with van der Waals surface area (Å²) in [4.78, 5) is 25.8. The second-order valence-corrected chi connectivity index (χ2v) is 11.3. The Kier molecular flexibility index (Phi) is 7.46. The molecule has 1 aliphatic carbocycles. The van der Waals surface area contributed by atoms with Crippen molar-refractivity contribution in [2.24, 2.45) is 5.92 Å². The van der Waals surface area contributed by atoms with Gasteiger partial charge >= 0.3 is 6.09 Å². The van der Waals surface area contributed by atoms with Crippen molar-refractivity contribution >= 4 is 27.5 Å². The maximum atomic E-state index is 12.4. The summed E-state index contributed by atoms with van der Waals surface area (Å²) < 4.78 is 33.3. The van der Waals surface area contributed by atoms with E-state index in [0.29, 0.717) is 17.7 Å². The van der Waals surface area contributed by atoms with Gasteiger partial charge in [0.05, 0.1) is 12.6 Å². The molecule has 1 saturated carbocycles. The lowest BCUT2D eigenvalue weighted by Gasteiger charge is -2.35. The summed E-state index contributed by atoms with van der Waals surface area (Å²) in [6.45, 7) is 4.10. The molecule has 2 atom stereocenters. The average Bonchev–Trinajstić information content (AvgIpc) is 3.08. The average molecular weight is 469 g/mol. The summed E-state index contributed by atoms with van der Waals surface area (Å²) in [5.74, 6) is -0.362. The van der Waals surface area contributed by atoms with Gasteiger partial charge in [0.25, 0.3) is 5.91 Å². The van der Waals surface area contributed by atoms with Crippen LogP contribution >= 0.6 is 0 Å². The summed E-state index contributed by atoms with van der Waals surface area (Å²) in [5, 5.41) is 8.96. The minimum Gasteiger partial charge on any atom is -0.444 e. The van der Waals surface area contributed by atoms with Crippen molar-refractivity contribution in [2.45, 2.75) is 62.9 Å². The summed E-state index contributed by atoms with van der Waals surface area (Å²) in [5.41, 5.74) is 3.23. The van der Waals surface area contributed by atoms with E-state index in [1.165, 1.54) is 22.9 Å². The molecule has 0 spiro atoms. The molecule has 0 aromatic heterocycles. The number of nitrogens with zero attached hydrogens (tertiary/aromatic N) is 1. The molecule has 10 heteroatoms. The van der Waals surface area contributed by atoms with Crippen LogP contribution in [0.1, 0.15) is 45.1 Å². The highest BCUT2D eigenvalue weighted by atomic mass is 32.2. The van der Waals surface area contributed by atoms with Gasteiger partial charge < -0.3 is 9.47 Å². The Morgan fingerprint density at radius 1 is 1.31 bits per heavy atom. The highest BCUT2D eigenvalue weighted by Gasteiger charge is 2.48. The Bertz CT molecular complexity index is 928. The van der Waals surface area contributed by atoms with Gasteiger partial charge in [0.2, 0.25) is 0 Å². The third-order valence-electron chi connectivity index (χ3n) is 6.58. The summed E-state index contributed by atoms with van der Waals surface area (Å²) in [6, 6.07) is 7.65. The van der Waals surface area contributed by atoms with Gasteiger partial charge in [0, 0.05) is 25.0 Å². The zero-order valence-corrected chi connectivity index (χ0v) is 19.6. The Morgan fingerprint density at radius 2 is 1.97 bits per heavy atom. The van der Waals surface area contributed by atoms with Crippen molar-refractivity contribution < 1.29 is 32.7 Å². The lowest BCUT2D eigenvalue weighted by atomic mass is 9.78. The fourth-order valence-electron chi connectivity index (χ4n) is 4.30. The van der Waals surface area contributed by atoms with Crippen molar-refractivity contribution in [1.82, 2.24) is 5.48 Å². The van der Waals surface area contributed by atoms with Crippen molar-refractivity contribution in [3.05, 3.63) is 29.8 Å². The Balaban J connectivity index is 1.57. The fourth-order valence-corrected chi connectivity index (χ4v) is 5.17. The molecule has 2 N–H and O–H groups in total. The van der Waals surface area contributed by atoms with E-state index in [1.54, 1.807) is 0 Å². The number of carbonyl (C=O) groups is 2. The van der Waals surface area contributed by atoms with Gasteiger partial charge in [-0.1, -0.05) is 12.1 Å². The molecule has 3 rings (SSSR count). The zero-order chi connectivity index (χ0) is 23.5. The minimum absolute atomic E-state index is 0.114. The fraction of sp³-hybridized carbons (Fsp3) is 0.636. The van der Waals surface area contributed by atoms with Gasteiger partial charge in [-0.3, -0.25) is 14.9 Å². The van der Waals surface area contributed by atoms with Crippen molar-refractivity contribution in [3.8, 4) is 0 Å². The van der Waals surface area contributed by atoms with Crippen LogP contribution in [-0.4, -0.2) is 62.0 Å². The van der Waals surface area contributed by atoms with Crippen LogP contribution in [0.4, 0.5) is 10.5 Å². The van der Waals surface area contributed by atoms with Crippen LogP contribution in [0.25, 0.3) is 0 Å². The molecule has 1 heterocycles. The third-order valence-corrected chi connectivity index (χ3v) is 8.56. The zero-order valence-electron chi connectivity index (χ0n) is 18.7. The molecular formula is C22H32N2O7S. The first kappa shape index (κ1) is 24.5. The van der Waals surface area contributed by atoms with Crippen LogP contribution in [0, 0.1) is 5.92 Å². The number of anilines is 1. The van der Waals surface area contributed by atoms with E-state index >= 15 is 0 Å². The molecule has 1 aromatic carbocycles. The van der Waals surface area contributed by atoms with Crippen molar-refractivity contribution in [3.63, 3.8) is 0 Å². The van der Waals surface area contributed by atoms with E-state index in [0.717, 1.165) is 38.5 Å². The molecule has 2 fully saturated rings. The smallest absolute Gasteiger partial charge is 0.414 e. The molecule has 0 radical (unpaired) electrons. The molecule has 9 nitrogen and oxygen atoms in total. The monoisotopic (exact) mass is 468 g/mol. The number of ether oxygens (including phenoxy) is 2. The SMILES string of the molecule is CCOC1CC(CCc2ccc(N3C[C@H](C[C@](C)(C(=O)NO)S(C)(=O)=O)OC3=O)cc2)C1. The first-order chi connectivity index (χ1) is 15.1. The summed E-state index contributed by atoms with van der Waals surface area (Å²) >= 11 is 0. The van der Waals surface area contributed by atoms with Gasteiger partial charge in [0.15, 0.2) is 14.6 Å². The second kappa shape index (κ2) is 9.76. The molecule has 1 saturated heterocycles. The molecule has 1 aliphatic heterocycles. The number of cyclic esters (lactones) is 1. The van der Waals surface area contributed by atoms with Crippen molar-refractivity contribution in [2.75, 3.05) is 24.3 Å². The normalized spacial score (nSPS) is 25.1. The molecule has 0 unspecified atom stereocenters. The first-order valence-electron chi connectivity index (χ1n) is 10.9. The van der Waals surface area contributed by atoms with Gasteiger partial charge in [0.1, 0.15) is 6.10 Å². The molecule has 1 aromatic rings. The second-order valence-electron chi connectivity index (χ2n) is 8.88. The van der Waals surface area contributed by atoms with Crippen LogP contribution in [0.5, 0.6) is 0 Å². The predicted molar refractivity (Wildman–Crippen MR) is 118 cm³/mol. The van der Waals surface area contributed by atoms with E-state index in [1.807, 2.05) is 31.2 Å². The third kappa shape index (κ3) is 5.24. The number of benzene rings is 1. The van der Waals surface area contributed by atoms with Crippen LogP contribution in [0.15, 0.2) is 24.3 Å². The van der Waals surface area contributed by atoms with Crippen LogP contribution in [-0.2, 0) is 30.5 Å². The summed E-state index contributed by atoms with van der Waals surface area (Å²) in [6.07, 6.45) is 3.96. The lowest BCUT2D eigenvalue weighted by molar-refractivity contribution is -0.132. The molecule has 0 bridgehead atoms. The van der Waals surface area contributed by atoms with Crippen LogP contribution in [0.3, 0.4) is 0 Å². The van der Waals surface area contributed by atoms with Crippen molar-refractivity contribution in [1.29, 1.82) is 0 Å². The lowest BCUT2D eigenvalue weighted by Crippen LogP contribution is -2.51. The van der Waals surface area contributed by atoms with E-state index < -0.39 is 32.7 Å². The first-order valence-corrected chi connectivity index (χ1v) is 12.8. The van der Waals surface area contributed by atoms with Gasteiger partial charge in [-0.05, 0) is 63.1 Å². The standard InChI is InChI=1S/C22H32N2O7S/c1-4-30-18-11-16(12-18)6-5-15-7-9-17(10-8-15)24-14-19(31-21(24)26)13-22(2,20(25)23-27)32(3,28)29/h7-10,16,18-19,27H,4-6,11-14H2,1-3H3,(H,23,25)/t16?,18?,19-,22+/m0/s1. The number of hydrogen-bond acceptors (Lipinski definition) is 7. The predicted octanol–water partition coefficient (Wildman–Crippen LogP) is 2.46. The Hall–Kier alpha value is -2.17. The molecule has 178 valence electrons. The largest absolute Gasteiger partial charge is 0.444 e. The maximum absolute atomic E-state index is 12.4. The highest BCUT2D eigenvalue weighted by molar-refractivity contribution is 7.92. The Labute approximate surface area is 188 Å². The van der Waals surface area contributed by atoms with Crippen LogP contribution in [0.2, 0.25) is 0 Å². The number of aryl methyl sites for hydroxylation is 1. The topological polar surface area (TPSA) is 122 Å². The summed E-state index contributed by atoms with van der Waals surface area (Å²) in [7, 11) is -3.88. The van der Waals surface area contributed by atoms with Gasteiger partial charge in [-0.2, -0.15) is 0 Å². The van der Waals surface area contributed by atoms with E-state index in [-0.39, 0.29) is 13.0 Å². The molecule has 2 amide bonds. The quantitative estimate of drug-likeness (QED) is 0.399. The number of amides is 2. The van der Waals surface area contributed by atoms with Gasteiger partial charge in [-0.15, -0.1) is 0 Å². The maximum Gasteiger partial charge on any atom is 0.414 e. The highest BCUT2D eigenvalue weighted by Crippen LogP contribution is 2.34. The molecular weight excluding hydrogens is 436 g/mol. The number of hydrogen-bond donors (Lipinski definition) is 2.